The second-order valence-corrected chi connectivity index (χ2v) is 6.03. The number of hydrogen-bond acceptors (Lipinski definition) is 6. The van der Waals surface area contributed by atoms with E-state index in [0.29, 0.717) is 13.1 Å². The van der Waals surface area contributed by atoms with Gasteiger partial charge >= 0.3 is 0 Å². The van der Waals surface area contributed by atoms with Gasteiger partial charge in [-0.3, -0.25) is 9.59 Å². The van der Waals surface area contributed by atoms with Crippen molar-refractivity contribution in [3.8, 4) is 0 Å². The summed E-state index contributed by atoms with van der Waals surface area (Å²) >= 11 is 1.43. The molecule has 0 radical (unpaired) electrons. The average Bonchev–Trinajstić information content (AvgIpc) is 3.05. The number of amides is 2. The molecule has 108 valence electrons. The second kappa shape index (κ2) is 5.35. The van der Waals surface area contributed by atoms with Crippen molar-refractivity contribution in [2.45, 2.75) is 32.4 Å². The number of carbonyl (C=O) groups excluding carboxylic acids is 2. The predicted molar refractivity (Wildman–Crippen MR) is 74.2 cm³/mol. The van der Waals surface area contributed by atoms with Crippen LogP contribution < -0.4 is 5.32 Å². The third-order valence-corrected chi connectivity index (χ3v) is 4.48. The molecule has 1 unspecified atom stereocenters. The summed E-state index contributed by atoms with van der Waals surface area (Å²) in [5, 5.41) is 12.7. The Morgan fingerprint density at radius 2 is 2.25 bits per heavy atom. The van der Waals surface area contributed by atoms with Crippen LogP contribution >= 0.6 is 11.3 Å². The summed E-state index contributed by atoms with van der Waals surface area (Å²) in [6.07, 6.45) is 1.69. The van der Waals surface area contributed by atoms with Crippen LogP contribution in [0.5, 0.6) is 0 Å². The second-order valence-electron chi connectivity index (χ2n) is 4.97. The minimum Gasteiger partial charge on any atom is -0.360 e. The van der Waals surface area contributed by atoms with Crippen LogP contribution in [0.2, 0.25) is 0 Å². The van der Waals surface area contributed by atoms with Crippen LogP contribution in [-0.4, -0.2) is 57.5 Å². The Bertz CT molecular complexity index is 532. The van der Waals surface area contributed by atoms with Gasteiger partial charge in [0.15, 0.2) is 0 Å². The van der Waals surface area contributed by atoms with E-state index in [-0.39, 0.29) is 24.4 Å². The fraction of sp³-hybridized carbons (Fsp3) is 0.667. The SMILES string of the molecule is CCNc1nnc(CN2CC(=O)N3CCCC3C2=O)s1. The molecule has 0 aliphatic carbocycles. The van der Waals surface area contributed by atoms with Gasteiger partial charge in [0.25, 0.3) is 0 Å². The number of nitrogens with one attached hydrogen (secondary N) is 1. The fourth-order valence-electron chi connectivity index (χ4n) is 2.70. The van der Waals surface area contributed by atoms with Crippen LogP contribution in [0.4, 0.5) is 5.13 Å². The molecule has 8 heteroatoms. The number of aromatic nitrogens is 2. The highest BCUT2D eigenvalue weighted by Gasteiger charge is 2.41. The number of anilines is 1. The summed E-state index contributed by atoms with van der Waals surface area (Å²) in [7, 11) is 0. The van der Waals surface area contributed by atoms with Crippen LogP contribution in [-0.2, 0) is 16.1 Å². The van der Waals surface area contributed by atoms with Crippen molar-refractivity contribution in [1.29, 1.82) is 0 Å². The molecule has 0 bridgehead atoms. The normalized spacial score (nSPS) is 22.4. The molecule has 1 atom stereocenters. The lowest BCUT2D eigenvalue weighted by Crippen LogP contribution is -2.56. The Hall–Kier alpha value is -1.70. The van der Waals surface area contributed by atoms with Gasteiger partial charge in [-0.15, -0.1) is 10.2 Å². The van der Waals surface area contributed by atoms with Crippen molar-refractivity contribution in [3.63, 3.8) is 0 Å². The molecule has 7 nitrogen and oxygen atoms in total. The topological polar surface area (TPSA) is 78.4 Å². The van der Waals surface area contributed by atoms with Gasteiger partial charge in [0.05, 0.1) is 6.54 Å². The Morgan fingerprint density at radius 3 is 3.05 bits per heavy atom. The smallest absolute Gasteiger partial charge is 0.246 e. The molecule has 1 N–H and O–H groups in total. The lowest BCUT2D eigenvalue weighted by Gasteiger charge is -2.35. The van der Waals surface area contributed by atoms with Gasteiger partial charge in [-0.25, -0.2) is 0 Å². The zero-order valence-electron chi connectivity index (χ0n) is 11.3. The lowest BCUT2D eigenvalue weighted by molar-refractivity contribution is -0.154. The van der Waals surface area contributed by atoms with E-state index in [0.717, 1.165) is 29.5 Å². The van der Waals surface area contributed by atoms with Crippen molar-refractivity contribution < 1.29 is 9.59 Å². The maximum absolute atomic E-state index is 12.4. The van der Waals surface area contributed by atoms with E-state index in [1.54, 1.807) is 9.80 Å². The van der Waals surface area contributed by atoms with Gasteiger partial charge < -0.3 is 15.1 Å². The highest BCUT2D eigenvalue weighted by atomic mass is 32.1. The first-order valence-corrected chi connectivity index (χ1v) is 7.65. The molecule has 2 saturated heterocycles. The van der Waals surface area contributed by atoms with E-state index in [1.807, 2.05) is 6.92 Å². The third-order valence-electron chi connectivity index (χ3n) is 3.62. The Morgan fingerprint density at radius 1 is 1.40 bits per heavy atom. The number of piperazine rings is 1. The van der Waals surface area contributed by atoms with Gasteiger partial charge in [-0.2, -0.15) is 0 Å². The lowest BCUT2D eigenvalue weighted by atomic mass is 10.1. The first kappa shape index (κ1) is 13.3. The van der Waals surface area contributed by atoms with E-state index in [1.165, 1.54) is 11.3 Å². The molecule has 1 aromatic heterocycles. The third kappa shape index (κ3) is 2.35. The molecule has 0 saturated carbocycles. The number of hydrogen-bond donors (Lipinski definition) is 1. The van der Waals surface area contributed by atoms with E-state index in [4.69, 9.17) is 0 Å². The molecular weight excluding hydrogens is 278 g/mol. The van der Waals surface area contributed by atoms with Gasteiger partial charge in [-0.05, 0) is 19.8 Å². The number of nitrogens with zero attached hydrogens (tertiary/aromatic N) is 4. The minimum absolute atomic E-state index is 0.0438. The fourth-order valence-corrected chi connectivity index (χ4v) is 3.53. The van der Waals surface area contributed by atoms with Crippen LogP contribution in [0.25, 0.3) is 0 Å². The van der Waals surface area contributed by atoms with E-state index >= 15 is 0 Å². The molecule has 2 aliphatic rings. The summed E-state index contributed by atoms with van der Waals surface area (Å²) in [4.78, 5) is 27.7. The molecule has 2 aliphatic heterocycles. The summed E-state index contributed by atoms with van der Waals surface area (Å²) in [6, 6.07) is -0.252. The Balaban J connectivity index is 1.70. The van der Waals surface area contributed by atoms with Crippen molar-refractivity contribution >= 4 is 28.3 Å². The molecular formula is C12H17N5O2S. The maximum Gasteiger partial charge on any atom is 0.246 e. The number of carbonyl (C=O) groups is 2. The molecule has 3 heterocycles. The van der Waals surface area contributed by atoms with Crippen LogP contribution in [0, 0.1) is 0 Å². The molecule has 3 rings (SSSR count). The van der Waals surface area contributed by atoms with Gasteiger partial charge in [0.2, 0.25) is 16.9 Å². The number of fused-ring (bicyclic) bond motifs is 1. The van der Waals surface area contributed by atoms with Crippen molar-refractivity contribution in [2.75, 3.05) is 25.0 Å². The van der Waals surface area contributed by atoms with E-state index in [2.05, 4.69) is 15.5 Å². The van der Waals surface area contributed by atoms with E-state index in [9.17, 15) is 9.59 Å². The zero-order valence-corrected chi connectivity index (χ0v) is 12.2. The standard InChI is InChI=1S/C12H17N5O2S/c1-2-13-12-15-14-9(20-12)6-16-7-10(18)17-5-3-4-8(17)11(16)19/h8H,2-7H2,1H3,(H,13,15). The maximum atomic E-state index is 12.4. The average molecular weight is 295 g/mol. The predicted octanol–water partition coefficient (Wildman–Crippen LogP) is 0.303. The Kier molecular flexibility index (Phi) is 3.56. The zero-order chi connectivity index (χ0) is 14.1. The van der Waals surface area contributed by atoms with Gasteiger partial charge in [0, 0.05) is 13.1 Å². The van der Waals surface area contributed by atoms with Crippen molar-refractivity contribution in [2.24, 2.45) is 0 Å². The highest BCUT2D eigenvalue weighted by molar-refractivity contribution is 7.15. The number of rotatable bonds is 4. The molecule has 1 aromatic rings. The van der Waals surface area contributed by atoms with Crippen LogP contribution in [0.3, 0.4) is 0 Å². The Labute approximate surface area is 121 Å². The molecule has 0 aromatic carbocycles. The summed E-state index contributed by atoms with van der Waals surface area (Å²) in [6.45, 7) is 4.02. The van der Waals surface area contributed by atoms with Gasteiger partial charge in [0.1, 0.15) is 17.6 Å². The summed E-state index contributed by atoms with van der Waals surface area (Å²) in [5.41, 5.74) is 0. The highest BCUT2D eigenvalue weighted by Crippen LogP contribution is 2.25. The van der Waals surface area contributed by atoms with Crippen LogP contribution in [0.15, 0.2) is 0 Å². The minimum atomic E-state index is -0.252. The van der Waals surface area contributed by atoms with Gasteiger partial charge in [-0.1, -0.05) is 11.3 Å². The quantitative estimate of drug-likeness (QED) is 0.864. The first-order chi connectivity index (χ1) is 9.69. The van der Waals surface area contributed by atoms with Crippen molar-refractivity contribution in [1.82, 2.24) is 20.0 Å². The summed E-state index contributed by atoms with van der Waals surface area (Å²) < 4.78 is 0. The molecule has 2 fully saturated rings. The first-order valence-electron chi connectivity index (χ1n) is 6.83. The molecule has 2 amide bonds. The largest absolute Gasteiger partial charge is 0.360 e. The van der Waals surface area contributed by atoms with Crippen molar-refractivity contribution in [3.05, 3.63) is 5.01 Å². The van der Waals surface area contributed by atoms with E-state index < -0.39 is 0 Å². The van der Waals surface area contributed by atoms with Crippen LogP contribution in [0.1, 0.15) is 24.8 Å². The summed E-state index contributed by atoms with van der Waals surface area (Å²) in [5.74, 6) is 0.0887. The molecule has 20 heavy (non-hydrogen) atoms. The molecule has 0 spiro atoms. The monoisotopic (exact) mass is 295 g/mol.